The number of hydrogen-bond acceptors (Lipinski definition) is 6. The van der Waals surface area contributed by atoms with Gasteiger partial charge in [-0.25, -0.2) is 15.0 Å². The van der Waals surface area contributed by atoms with Crippen LogP contribution in [0.3, 0.4) is 0 Å². The van der Waals surface area contributed by atoms with E-state index in [0.717, 1.165) is 44.0 Å². The molecule has 0 fully saturated rings. The lowest BCUT2D eigenvalue weighted by Gasteiger charge is -2.09. The van der Waals surface area contributed by atoms with E-state index < -0.39 is 0 Å². The first-order valence-corrected chi connectivity index (χ1v) is 10.3. The Morgan fingerprint density at radius 3 is 2.64 bits per heavy atom. The average Bonchev–Trinajstić information content (AvgIpc) is 3.09. The van der Waals surface area contributed by atoms with Gasteiger partial charge in [0.25, 0.3) is 0 Å². The molecular weight excluding hydrogens is 348 g/mol. The van der Waals surface area contributed by atoms with Crippen molar-refractivity contribution < 1.29 is 0 Å². The first kappa shape index (κ1) is 18.0. The first-order valence-electron chi connectivity index (χ1n) is 8.27. The van der Waals surface area contributed by atoms with Gasteiger partial charge in [-0.2, -0.15) is 0 Å². The van der Waals surface area contributed by atoms with Crippen molar-refractivity contribution in [2.24, 2.45) is 11.7 Å². The molecule has 25 heavy (non-hydrogen) atoms. The van der Waals surface area contributed by atoms with Crippen LogP contribution in [-0.2, 0) is 13.0 Å². The standard InChI is InChI=1S/C19H22N4S2/c1-12(2)8-18-21-11-17(25-18)16-9-15(22-19(23-16)24-3)14-7-5-4-6-13(14)10-20/h4-7,9,11-12H,8,10,20H2,1-3H3. The van der Waals surface area contributed by atoms with Gasteiger partial charge in [0.15, 0.2) is 5.16 Å². The van der Waals surface area contributed by atoms with E-state index in [1.807, 2.05) is 36.7 Å². The summed E-state index contributed by atoms with van der Waals surface area (Å²) in [6.45, 7) is 4.90. The molecule has 0 amide bonds. The molecule has 0 aliphatic heterocycles. The molecule has 4 nitrogen and oxygen atoms in total. The normalized spacial score (nSPS) is 11.2. The summed E-state index contributed by atoms with van der Waals surface area (Å²) in [5, 5.41) is 1.91. The number of aromatic nitrogens is 3. The predicted octanol–water partition coefficient (Wildman–Crippen LogP) is 4.65. The van der Waals surface area contributed by atoms with Crippen LogP contribution in [0.25, 0.3) is 21.8 Å². The summed E-state index contributed by atoms with van der Waals surface area (Å²) in [6.07, 6.45) is 4.91. The second-order valence-electron chi connectivity index (χ2n) is 6.20. The average molecular weight is 371 g/mol. The predicted molar refractivity (Wildman–Crippen MR) is 107 cm³/mol. The van der Waals surface area contributed by atoms with E-state index in [9.17, 15) is 0 Å². The van der Waals surface area contributed by atoms with Crippen LogP contribution >= 0.6 is 23.1 Å². The Morgan fingerprint density at radius 1 is 1.16 bits per heavy atom. The van der Waals surface area contributed by atoms with E-state index in [-0.39, 0.29) is 0 Å². The minimum atomic E-state index is 0.489. The summed E-state index contributed by atoms with van der Waals surface area (Å²) >= 11 is 3.26. The third-order valence-corrected chi connectivity index (χ3v) is 5.38. The maximum Gasteiger partial charge on any atom is 0.188 e. The van der Waals surface area contributed by atoms with Crippen LogP contribution in [0.15, 0.2) is 41.7 Å². The smallest absolute Gasteiger partial charge is 0.188 e. The second-order valence-corrected chi connectivity index (χ2v) is 8.09. The molecule has 0 unspecified atom stereocenters. The van der Waals surface area contributed by atoms with Gasteiger partial charge < -0.3 is 5.73 Å². The summed E-state index contributed by atoms with van der Waals surface area (Å²) in [6, 6.07) is 10.2. The van der Waals surface area contributed by atoms with Crippen LogP contribution in [0, 0.1) is 5.92 Å². The monoisotopic (exact) mass is 370 g/mol. The molecule has 0 spiro atoms. The highest BCUT2D eigenvalue weighted by atomic mass is 32.2. The van der Waals surface area contributed by atoms with Gasteiger partial charge in [-0.15, -0.1) is 11.3 Å². The Morgan fingerprint density at radius 2 is 1.92 bits per heavy atom. The molecule has 0 bridgehead atoms. The molecule has 2 heterocycles. The van der Waals surface area contributed by atoms with E-state index in [1.165, 1.54) is 0 Å². The second kappa shape index (κ2) is 8.08. The number of thioether (sulfide) groups is 1. The van der Waals surface area contributed by atoms with Crippen LogP contribution in [0.5, 0.6) is 0 Å². The lowest BCUT2D eigenvalue weighted by atomic mass is 10.0. The highest BCUT2D eigenvalue weighted by Crippen LogP contribution is 2.31. The SMILES string of the molecule is CSc1nc(-c2cnc(CC(C)C)s2)cc(-c2ccccc2CN)n1. The van der Waals surface area contributed by atoms with Gasteiger partial charge in [-0.3, -0.25) is 0 Å². The molecule has 0 aliphatic carbocycles. The molecule has 0 radical (unpaired) electrons. The van der Waals surface area contributed by atoms with Crippen molar-refractivity contribution in [3.63, 3.8) is 0 Å². The largest absolute Gasteiger partial charge is 0.326 e. The number of nitrogens with zero attached hydrogens (tertiary/aromatic N) is 3. The summed E-state index contributed by atoms with van der Waals surface area (Å²) in [5.41, 5.74) is 9.89. The Balaban J connectivity index is 2.05. The number of thiazole rings is 1. The number of hydrogen-bond donors (Lipinski definition) is 1. The maximum absolute atomic E-state index is 5.90. The fourth-order valence-electron chi connectivity index (χ4n) is 2.60. The zero-order valence-corrected chi connectivity index (χ0v) is 16.3. The fraction of sp³-hybridized carbons (Fsp3) is 0.316. The van der Waals surface area contributed by atoms with E-state index in [1.54, 1.807) is 23.1 Å². The highest BCUT2D eigenvalue weighted by molar-refractivity contribution is 7.98. The molecule has 2 N–H and O–H groups in total. The Kier molecular flexibility index (Phi) is 5.83. The van der Waals surface area contributed by atoms with E-state index >= 15 is 0 Å². The molecule has 0 saturated heterocycles. The Hall–Kier alpha value is -1.76. The van der Waals surface area contributed by atoms with Crippen molar-refractivity contribution in [2.75, 3.05) is 6.26 Å². The van der Waals surface area contributed by atoms with Crippen molar-refractivity contribution >= 4 is 23.1 Å². The molecule has 0 aliphatic rings. The van der Waals surface area contributed by atoms with Crippen molar-refractivity contribution in [2.45, 2.75) is 32.0 Å². The first-order chi connectivity index (χ1) is 12.1. The van der Waals surface area contributed by atoms with Crippen LogP contribution in [-0.4, -0.2) is 21.2 Å². The molecule has 3 rings (SSSR count). The Labute approximate surface area is 156 Å². The van der Waals surface area contributed by atoms with Crippen molar-refractivity contribution in [3.8, 4) is 21.8 Å². The quantitative estimate of drug-likeness (QED) is 0.505. The molecule has 0 saturated carbocycles. The fourth-order valence-corrected chi connectivity index (χ4v) is 4.07. The van der Waals surface area contributed by atoms with Gasteiger partial charge in [-0.1, -0.05) is 49.9 Å². The zero-order chi connectivity index (χ0) is 17.8. The van der Waals surface area contributed by atoms with Gasteiger partial charge in [0.2, 0.25) is 0 Å². The van der Waals surface area contributed by atoms with Gasteiger partial charge in [-0.05, 0) is 23.8 Å². The topological polar surface area (TPSA) is 64.7 Å². The van der Waals surface area contributed by atoms with Crippen LogP contribution in [0.2, 0.25) is 0 Å². The van der Waals surface area contributed by atoms with Crippen LogP contribution < -0.4 is 5.73 Å². The molecule has 6 heteroatoms. The lowest BCUT2D eigenvalue weighted by Crippen LogP contribution is -2.00. The highest BCUT2D eigenvalue weighted by Gasteiger charge is 2.13. The third-order valence-electron chi connectivity index (χ3n) is 3.79. The van der Waals surface area contributed by atoms with E-state index in [4.69, 9.17) is 10.7 Å². The van der Waals surface area contributed by atoms with Crippen LogP contribution in [0.4, 0.5) is 0 Å². The zero-order valence-electron chi connectivity index (χ0n) is 14.7. The van der Waals surface area contributed by atoms with Gasteiger partial charge in [0.1, 0.15) is 0 Å². The van der Waals surface area contributed by atoms with E-state index in [0.29, 0.717) is 12.5 Å². The number of nitrogens with two attached hydrogens (primary N) is 1. The Bertz CT molecular complexity index is 858. The molecule has 3 aromatic rings. The summed E-state index contributed by atoms with van der Waals surface area (Å²) in [5.74, 6) is 0.596. The lowest BCUT2D eigenvalue weighted by molar-refractivity contribution is 0.644. The minimum Gasteiger partial charge on any atom is -0.326 e. The molecule has 2 aromatic heterocycles. The summed E-state index contributed by atoms with van der Waals surface area (Å²) in [4.78, 5) is 15.0. The maximum atomic E-state index is 5.90. The van der Waals surface area contributed by atoms with Crippen molar-refractivity contribution in [3.05, 3.63) is 47.1 Å². The molecule has 0 atom stereocenters. The third kappa shape index (κ3) is 4.26. The molecule has 1 aromatic carbocycles. The number of benzene rings is 1. The van der Waals surface area contributed by atoms with Gasteiger partial charge in [0, 0.05) is 24.7 Å². The summed E-state index contributed by atoms with van der Waals surface area (Å²) < 4.78 is 0. The molecular formula is C19H22N4S2. The number of rotatable bonds is 6. The van der Waals surface area contributed by atoms with Crippen LogP contribution in [0.1, 0.15) is 24.4 Å². The van der Waals surface area contributed by atoms with Crippen molar-refractivity contribution in [1.29, 1.82) is 0 Å². The van der Waals surface area contributed by atoms with Gasteiger partial charge >= 0.3 is 0 Å². The van der Waals surface area contributed by atoms with Crippen molar-refractivity contribution in [1.82, 2.24) is 15.0 Å². The summed E-state index contributed by atoms with van der Waals surface area (Å²) in [7, 11) is 0. The molecule has 130 valence electrons. The van der Waals surface area contributed by atoms with Gasteiger partial charge in [0.05, 0.1) is 21.3 Å². The van der Waals surface area contributed by atoms with E-state index in [2.05, 4.69) is 29.9 Å². The minimum absolute atomic E-state index is 0.489.